The molecule has 0 saturated heterocycles. The SMILES string of the molecule is Cc1ccccc1Nc1ccccc1[SH+]c1ccccc1. The van der Waals surface area contributed by atoms with Crippen molar-refractivity contribution in [2.24, 2.45) is 0 Å². The molecule has 0 spiro atoms. The maximum atomic E-state index is 3.55. The monoisotopic (exact) mass is 292 g/mol. The Balaban J connectivity index is 1.88. The lowest BCUT2D eigenvalue weighted by Crippen LogP contribution is -1.97. The minimum atomic E-state index is 1.16. The van der Waals surface area contributed by atoms with E-state index >= 15 is 0 Å². The number of thiol groups is 1. The average molecular weight is 292 g/mol. The van der Waals surface area contributed by atoms with Gasteiger partial charge >= 0.3 is 0 Å². The lowest BCUT2D eigenvalue weighted by molar-refractivity contribution is 1.36. The van der Waals surface area contributed by atoms with Crippen LogP contribution < -0.4 is 5.32 Å². The van der Waals surface area contributed by atoms with Gasteiger partial charge in [0.15, 0.2) is 9.79 Å². The molecule has 0 fully saturated rings. The van der Waals surface area contributed by atoms with Gasteiger partial charge in [0.2, 0.25) is 0 Å². The van der Waals surface area contributed by atoms with Gasteiger partial charge in [0.25, 0.3) is 0 Å². The third-order valence-corrected chi connectivity index (χ3v) is 4.51. The molecule has 0 saturated carbocycles. The maximum Gasteiger partial charge on any atom is 0.181 e. The molecule has 3 aromatic carbocycles. The third kappa shape index (κ3) is 3.47. The van der Waals surface area contributed by atoms with Gasteiger partial charge in [-0.3, -0.25) is 0 Å². The van der Waals surface area contributed by atoms with E-state index < -0.39 is 0 Å². The van der Waals surface area contributed by atoms with Gasteiger partial charge in [-0.2, -0.15) is 0 Å². The minimum Gasteiger partial charge on any atom is -0.351 e. The number of hydrogen-bond donors (Lipinski definition) is 1. The maximum absolute atomic E-state index is 3.55. The van der Waals surface area contributed by atoms with Crippen molar-refractivity contribution < 1.29 is 0 Å². The fourth-order valence-corrected chi connectivity index (χ4v) is 3.19. The van der Waals surface area contributed by atoms with Crippen LogP contribution in [0.25, 0.3) is 0 Å². The summed E-state index contributed by atoms with van der Waals surface area (Å²) in [6, 6.07) is 27.4. The summed E-state index contributed by atoms with van der Waals surface area (Å²) in [5, 5.41) is 3.55. The summed E-state index contributed by atoms with van der Waals surface area (Å²) in [5.41, 5.74) is 3.58. The lowest BCUT2D eigenvalue weighted by Gasteiger charge is -2.10. The Morgan fingerprint density at radius 3 is 2.05 bits per heavy atom. The van der Waals surface area contributed by atoms with Gasteiger partial charge in [-0.25, -0.2) is 0 Å². The highest BCUT2D eigenvalue weighted by atomic mass is 32.2. The van der Waals surface area contributed by atoms with Crippen LogP contribution in [0.1, 0.15) is 5.56 Å². The largest absolute Gasteiger partial charge is 0.351 e. The van der Waals surface area contributed by atoms with E-state index in [4.69, 9.17) is 0 Å². The van der Waals surface area contributed by atoms with Gasteiger partial charge in [0.1, 0.15) is 0 Å². The lowest BCUT2D eigenvalue weighted by atomic mass is 10.2. The molecule has 21 heavy (non-hydrogen) atoms. The first-order chi connectivity index (χ1) is 10.3. The molecule has 0 aliphatic carbocycles. The molecule has 0 aliphatic heterocycles. The van der Waals surface area contributed by atoms with E-state index in [1.807, 2.05) is 0 Å². The molecule has 104 valence electrons. The smallest absolute Gasteiger partial charge is 0.181 e. The Morgan fingerprint density at radius 2 is 1.29 bits per heavy atom. The average Bonchev–Trinajstić information content (AvgIpc) is 2.52. The fourth-order valence-electron chi connectivity index (χ4n) is 2.18. The second kappa shape index (κ2) is 6.51. The number of rotatable bonds is 4. The number of aryl methyl sites for hydroxylation is 1. The van der Waals surface area contributed by atoms with Crippen LogP contribution in [0, 0.1) is 6.92 Å². The van der Waals surface area contributed by atoms with Crippen molar-refractivity contribution in [2.45, 2.75) is 16.7 Å². The fraction of sp³-hybridized carbons (Fsp3) is 0.0526. The van der Waals surface area contributed by atoms with E-state index in [0.29, 0.717) is 0 Å². The van der Waals surface area contributed by atoms with E-state index in [-0.39, 0.29) is 0 Å². The van der Waals surface area contributed by atoms with Crippen LogP contribution in [-0.2, 0) is 11.8 Å². The van der Waals surface area contributed by atoms with Gasteiger partial charge in [-0.15, -0.1) is 0 Å². The Hall–Kier alpha value is -2.19. The van der Waals surface area contributed by atoms with E-state index in [1.165, 1.54) is 27.1 Å². The van der Waals surface area contributed by atoms with Crippen LogP contribution in [0.4, 0.5) is 11.4 Å². The van der Waals surface area contributed by atoms with Gasteiger partial charge in [0, 0.05) is 17.4 Å². The number of anilines is 2. The topological polar surface area (TPSA) is 12.0 Å². The number of para-hydroxylation sites is 2. The van der Waals surface area contributed by atoms with E-state index in [0.717, 1.165) is 11.4 Å². The highest BCUT2D eigenvalue weighted by Gasteiger charge is 2.12. The van der Waals surface area contributed by atoms with Gasteiger partial charge in [0.05, 0.1) is 5.69 Å². The first kappa shape index (κ1) is 13.8. The van der Waals surface area contributed by atoms with E-state index in [2.05, 4.69) is 91.1 Å². The zero-order valence-corrected chi connectivity index (χ0v) is 12.8. The summed E-state index contributed by atoms with van der Waals surface area (Å²) in [6.07, 6.45) is 0. The van der Waals surface area contributed by atoms with Crippen molar-refractivity contribution in [1.82, 2.24) is 0 Å². The molecule has 0 radical (unpaired) electrons. The first-order valence-corrected chi connectivity index (χ1v) is 7.91. The van der Waals surface area contributed by atoms with Crippen molar-refractivity contribution >= 4 is 23.1 Å². The molecule has 0 bridgehead atoms. The molecule has 1 nitrogen and oxygen atoms in total. The second-order valence-corrected chi connectivity index (χ2v) is 6.13. The predicted octanol–water partition coefficient (Wildman–Crippen LogP) is 4.97. The van der Waals surface area contributed by atoms with Gasteiger partial charge < -0.3 is 5.32 Å². The van der Waals surface area contributed by atoms with Crippen LogP contribution in [0.2, 0.25) is 0 Å². The molecule has 0 amide bonds. The zero-order valence-electron chi connectivity index (χ0n) is 12.0. The molecule has 0 aromatic heterocycles. The standard InChI is InChI=1S/C19H17NS/c1-15-9-5-6-12-17(15)20-18-13-7-8-14-19(18)21-16-10-3-2-4-11-16/h2-14,20H,1H3/p+1. The van der Waals surface area contributed by atoms with Crippen LogP contribution in [0.5, 0.6) is 0 Å². The van der Waals surface area contributed by atoms with Crippen molar-refractivity contribution in [2.75, 3.05) is 5.32 Å². The molecular formula is C19H18NS+. The molecule has 1 N–H and O–H groups in total. The first-order valence-electron chi connectivity index (χ1n) is 7.01. The summed E-state index contributed by atoms with van der Waals surface area (Å²) in [4.78, 5) is 2.59. The zero-order chi connectivity index (χ0) is 14.5. The summed E-state index contributed by atoms with van der Waals surface area (Å²) >= 11 is 1.22. The summed E-state index contributed by atoms with van der Waals surface area (Å²) in [5.74, 6) is 0. The van der Waals surface area contributed by atoms with E-state index in [9.17, 15) is 0 Å². The van der Waals surface area contributed by atoms with Crippen LogP contribution in [0.3, 0.4) is 0 Å². The predicted molar refractivity (Wildman–Crippen MR) is 92.6 cm³/mol. The van der Waals surface area contributed by atoms with E-state index in [1.54, 1.807) is 0 Å². The van der Waals surface area contributed by atoms with Crippen LogP contribution in [-0.4, -0.2) is 0 Å². The normalized spacial score (nSPS) is 10.3. The quantitative estimate of drug-likeness (QED) is 0.529. The summed E-state index contributed by atoms with van der Waals surface area (Å²) < 4.78 is 0. The highest BCUT2D eigenvalue weighted by Crippen LogP contribution is 2.26. The van der Waals surface area contributed by atoms with Crippen molar-refractivity contribution in [3.05, 3.63) is 84.4 Å². The van der Waals surface area contributed by atoms with Gasteiger partial charge in [-0.1, -0.05) is 48.5 Å². The minimum absolute atomic E-state index is 1.16. The Morgan fingerprint density at radius 1 is 0.667 bits per heavy atom. The number of nitrogens with one attached hydrogen (secondary N) is 1. The molecular weight excluding hydrogens is 274 g/mol. The number of hydrogen-bond acceptors (Lipinski definition) is 1. The number of benzene rings is 3. The molecule has 3 rings (SSSR count). The highest BCUT2D eigenvalue weighted by molar-refractivity contribution is 7.78. The molecule has 0 aliphatic rings. The van der Waals surface area contributed by atoms with Crippen molar-refractivity contribution in [3.8, 4) is 0 Å². The molecule has 0 atom stereocenters. The summed E-state index contributed by atoms with van der Waals surface area (Å²) in [6.45, 7) is 2.12. The Bertz CT molecular complexity index is 722. The molecule has 2 heteroatoms. The molecule has 3 aromatic rings. The van der Waals surface area contributed by atoms with Crippen LogP contribution in [0.15, 0.2) is 88.7 Å². The molecule has 0 unspecified atom stereocenters. The van der Waals surface area contributed by atoms with Gasteiger partial charge in [-0.05, 0) is 42.8 Å². The van der Waals surface area contributed by atoms with Crippen molar-refractivity contribution in [1.29, 1.82) is 0 Å². The second-order valence-electron chi connectivity index (χ2n) is 4.90. The molecule has 0 heterocycles. The Kier molecular flexibility index (Phi) is 4.27. The third-order valence-electron chi connectivity index (χ3n) is 3.32. The van der Waals surface area contributed by atoms with Crippen molar-refractivity contribution in [3.63, 3.8) is 0 Å². The van der Waals surface area contributed by atoms with Crippen LogP contribution >= 0.6 is 0 Å². The summed E-state index contributed by atoms with van der Waals surface area (Å²) in [7, 11) is 0. The Labute approximate surface area is 130 Å².